The Morgan fingerprint density at radius 3 is 2.50 bits per heavy atom. The predicted octanol–water partition coefficient (Wildman–Crippen LogP) is 2.15. The van der Waals surface area contributed by atoms with Gasteiger partial charge in [0.05, 0.1) is 10.2 Å². The zero-order chi connectivity index (χ0) is 22.5. The molecule has 2 aliphatic rings. The highest BCUT2D eigenvalue weighted by Gasteiger charge is 2.34. The summed E-state index contributed by atoms with van der Waals surface area (Å²) in [6.07, 6.45) is 2.40. The lowest BCUT2D eigenvalue weighted by molar-refractivity contribution is -0.120. The van der Waals surface area contributed by atoms with E-state index in [0.717, 1.165) is 10.2 Å². The van der Waals surface area contributed by atoms with Crippen molar-refractivity contribution >= 4 is 42.6 Å². The van der Waals surface area contributed by atoms with E-state index >= 15 is 0 Å². The summed E-state index contributed by atoms with van der Waals surface area (Å²) in [5.41, 5.74) is 0.737. The van der Waals surface area contributed by atoms with Gasteiger partial charge in [-0.25, -0.2) is 18.4 Å². The molecule has 10 nitrogen and oxygen atoms in total. The molecule has 1 amide bonds. The molecule has 4 heterocycles. The highest BCUT2D eigenvalue weighted by Crippen LogP contribution is 2.38. The molecule has 0 aliphatic carbocycles. The first-order valence-electron chi connectivity index (χ1n) is 10.3. The summed E-state index contributed by atoms with van der Waals surface area (Å²) in [4.78, 5) is 21.4. The Kier molecular flexibility index (Phi) is 5.30. The monoisotopic (exact) mass is 477 g/mol. The molecule has 1 fully saturated rings. The summed E-state index contributed by atoms with van der Waals surface area (Å²) in [6.45, 7) is 3.32. The third kappa shape index (κ3) is 3.82. The molecule has 0 unspecified atom stereocenters. The second-order valence-corrected chi connectivity index (χ2v) is 10.8. The molecule has 32 heavy (non-hydrogen) atoms. The lowest BCUT2D eigenvalue weighted by Crippen LogP contribution is -2.41. The number of sulfonamides is 1. The first-order valence-corrected chi connectivity index (χ1v) is 12.6. The van der Waals surface area contributed by atoms with Crippen molar-refractivity contribution in [2.45, 2.75) is 24.8 Å². The maximum absolute atomic E-state index is 12.8. The van der Waals surface area contributed by atoms with Crippen LogP contribution in [0.2, 0.25) is 0 Å². The van der Waals surface area contributed by atoms with Crippen LogP contribution in [-0.4, -0.2) is 59.5 Å². The van der Waals surface area contributed by atoms with E-state index in [0.29, 0.717) is 48.5 Å². The Balaban J connectivity index is 1.24. The Labute approximate surface area is 189 Å². The van der Waals surface area contributed by atoms with Gasteiger partial charge in [0.1, 0.15) is 19.0 Å². The molecule has 1 aromatic carbocycles. The van der Waals surface area contributed by atoms with Crippen LogP contribution in [0.4, 0.5) is 5.13 Å². The molecule has 0 atom stereocenters. The maximum Gasteiger partial charge on any atom is 0.262 e. The normalized spacial score (nSPS) is 17.6. The number of anilines is 1. The van der Waals surface area contributed by atoms with Crippen LogP contribution in [-0.2, 0) is 21.9 Å². The number of thiazole rings is 1. The van der Waals surface area contributed by atoms with Gasteiger partial charge in [-0.15, -0.1) is 0 Å². The van der Waals surface area contributed by atoms with Gasteiger partial charge in [-0.05, 0) is 19.8 Å². The van der Waals surface area contributed by atoms with Crippen molar-refractivity contribution in [2.24, 2.45) is 13.0 Å². The van der Waals surface area contributed by atoms with Gasteiger partial charge in [0, 0.05) is 44.4 Å². The minimum atomic E-state index is -3.66. The van der Waals surface area contributed by atoms with Gasteiger partial charge in [-0.2, -0.15) is 4.31 Å². The fourth-order valence-corrected chi connectivity index (χ4v) is 6.24. The predicted molar refractivity (Wildman–Crippen MR) is 119 cm³/mol. The summed E-state index contributed by atoms with van der Waals surface area (Å²) in [5.74, 6) is 1.55. The van der Waals surface area contributed by atoms with Crippen molar-refractivity contribution in [2.75, 3.05) is 31.6 Å². The first kappa shape index (κ1) is 21.2. The van der Waals surface area contributed by atoms with Crippen LogP contribution < -0.4 is 14.8 Å². The molecule has 3 aromatic rings. The molecule has 2 aliphatic heterocycles. The number of nitrogens with one attached hydrogen (secondary N) is 1. The molecule has 12 heteroatoms. The number of amides is 1. The van der Waals surface area contributed by atoms with Gasteiger partial charge >= 0.3 is 0 Å². The molecule has 0 bridgehead atoms. The third-order valence-electron chi connectivity index (χ3n) is 5.80. The van der Waals surface area contributed by atoms with Crippen molar-refractivity contribution in [3.8, 4) is 11.5 Å². The van der Waals surface area contributed by atoms with Gasteiger partial charge in [0.2, 0.25) is 5.91 Å². The number of ether oxygens (including phenoxy) is 2. The van der Waals surface area contributed by atoms with Crippen LogP contribution in [0.25, 0.3) is 10.2 Å². The van der Waals surface area contributed by atoms with Crippen LogP contribution in [0.3, 0.4) is 0 Å². The van der Waals surface area contributed by atoms with E-state index in [2.05, 4.69) is 15.3 Å². The fraction of sp³-hybridized carbons (Fsp3) is 0.450. The number of carbonyl (C=O) groups is 1. The van der Waals surface area contributed by atoms with Crippen molar-refractivity contribution in [1.29, 1.82) is 0 Å². The fourth-order valence-electron chi connectivity index (χ4n) is 3.87. The molecule has 0 saturated carbocycles. The summed E-state index contributed by atoms with van der Waals surface area (Å²) < 4.78 is 40.9. The standard InChI is InChI=1S/C20H23N5O5S2/c1-12-21-18(11-24(12)2)32(27,28)25-5-3-13(4-6-25)19(26)23-20-22-14-9-15-16(10-17(14)31-20)30-8-7-29-15/h9-11,13H,3-8H2,1-2H3,(H,22,23,26). The number of hydrogen-bond acceptors (Lipinski definition) is 8. The van der Waals surface area contributed by atoms with Crippen LogP contribution in [0.5, 0.6) is 11.5 Å². The minimum Gasteiger partial charge on any atom is -0.486 e. The second-order valence-electron chi connectivity index (χ2n) is 7.89. The van der Waals surface area contributed by atoms with Crippen LogP contribution in [0, 0.1) is 12.8 Å². The number of benzene rings is 1. The summed E-state index contributed by atoms with van der Waals surface area (Å²) in [5, 5.41) is 3.44. The van der Waals surface area contributed by atoms with E-state index in [1.807, 2.05) is 12.1 Å². The number of fused-ring (bicyclic) bond motifs is 2. The zero-order valence-corrected chi connectivity index (χ0v) is 19.3. The lowest BCUT2D eigenvalue weighted by atomic mass is 9.97. The van der Waals surface area contributed by atoms with Crippen molar-refractivity contribution in [3.05, 3.63) is 24.2 Å². The molecular formula is C20H23N5O5S2. The number of piperidine rings is 1. The number of aromatic nitrogens is 3. The van der Waals surface area contributed by atoms with E-state index in [1.54, 1.807) is 18.5 Å². The second kappa shape index (κ2) is 8.01. The highest BCUT2D eigenvalue weighted by atomic mass is 32.2. The molecular weight excluding hydrogens is 454 g/mol. The van der Waals surface area contributed by atoms with Crippen LogP contribution in [0.1, 0.15) is 18.7 Å². The number of aryl methyl sites for hydroxylation is 2. The lowest BCUT2D eigenvalue weighted by Gasteiger charge is -2.29. The minimum absolute atomic E-state index is 0.0468. The number of rotatable bonds is 4. The smallest absolute Gasteiger partial charge is 0.262 e. The molecule has 5 rings (SSSR count). The highest BCUT2D eigenvalue weighted by molar-refractivity contribution is 7.89. The molecule has 1 saturated heterocycles. The van der Waals surface area contributed by atoms with Crippen molar-refractivity contribution < 1.29 is 22.7 Å². The van der Waals surface area contributed by atoms with E-state index in [9.17, 15) is 13.2 Å². The van der Waals surface area contributed by atoms with Gasteiger partial charge in [-0.3, -0.25) is 4.79 Å². The van der Waals surface area contributed by atoms with Crippen molar-refractivity contribution in [3.63, 3.8) is 0 Å². The van der Waals surface area contributed by atoms with E-state index in [4.69, 9.17) is 9.47 Å². The van der Waals surface area contributed by atoms with Crippen molar-refractivity contribution in [1.82, 2.24) is 18.8 Å². The third-order valence-corrected chi connectivity index (χ3v) is 8.50. The molecule has 2 aromatic heterocycles. The first-order chi connectivity index (χ1) is 15.3. The average Bonchev–Trinajstić information content (AvgIpc) is 3.33. The SMILES string of the molecule is Cc1nc(S(=O)(=O)N2CCC(C(=O)Nc3nc4cc5c(cc4s3)OCCO5)CC2)cn1C. The molecule has 170 valence electrons. The van der Waals surface area contributed by atoms with E-state index in [1.165, 1.54) is 21.8 Å². The van der Waals surface area contributed by atoms with Gasteiger partial charge in [0.25, 0.3) is 10.0 Å². The Bertz CT molecular complexity index is 1230. The summed E-state index contributed by atoms with van der Waals surface area (Å²) >= 11 is 1.37. The number of carbonyl (C=O) groups excluding carboxylic acids is 1. The van der Waals surface area contributed by atoms with Gasteiger partial charge in [-0.1, -0.05) is 11.3 Å². The zero-order valence-electron chi connectivity index (χ0n) is 17.7. The van der Waals surface area contributed by atoms with E-state index in [-0.39, 0.29) is 29.9 Å². The van der Waals surface area contributed by atoms with Gasteiger partial charge in [0.15, 0.2) is 21.7 Å². The number of imidazole rings is 1. The average molecular weight is 478 g/mol. The quantitative estimate of drug-likeness (QED) is 0.612. The topological polar surface area (TPSA) is 116 Å². The van der Waals surface area contributed by atoms with Gasteiger partial charge < -0.3 is 19.4 Å². The maximum atomic E-state index is 12.8. The Morgan fingerprint density at radius 1 is 1.16 bits per heavy atom. The summed E-state index contributed by atoms with van der Waals surface area (Å²) in [7, 11) is -1.90. The molecule has 1 N–H and O–H groups in total. The van der Waals surface area contributed by atoms with Crippen LogP contribution in [0.15, 0.2) is 23.4 Å². The Hall–Kier alpha value is -2.70. The van der Waals surface area contributed by atoms with Crippen LogP contribution >= 0.6 is 11.3 Å². The summed E-state index contributed by atoms with van der Waals surface area (Å²) in [6, 6.07) is 3.69. The molecule has 0 radical (unpaired) electrons. The Morgan fingerprint density at radius 2 is 1.84 bits per heavy atom. The van der Waals surface area contributed by atoms with E-state index < -0.39 is 10.0 Å². The molecule has 0 spiro atoms. The number of nitrogens with zero attached hydrogens (tertiary/aromatic N) is 4. The number of hydrogen-bond donors (Lipinski definition) is 1. The largest absolute Gasteiger partial charge is 0.486 e.